The fourth-order valence-electron chi connectivity index (χ4n) is 3.93. The first-order chi connectivity index (χ1) is 15.2. The standard InChI is InChI=1S/C23H24F3N3O3/c1-15-11-17-13-19(31-2)16(12-20(17)32-15)3-6-22(30)29-9-7-28(8-10-29)21-5-4-18(14-27-21)23(24,25)26/h3-6,12-15H,7-11H2,1-2H3/b6-3+. The second kappa shape index (κ2) is 8.72. The first kappa shape index (κ1) is 22.0. The molecule has 170 valence electrons. The third kappa shape index (κ3) is 4.66. The van der Waals surface area contributed by atoms with E-state index in [4.69, 9.17) is 9.47 Å². The third-order valence-corrected chi connectivity index (χ3v) is 5.64. The van der Waals surface area contributed by atoms with Crippen LogP contribution in [0.5, 0.6) is 11.5 Å². The van der Waals surface area contributed by atoms with Crippen LogP contribution in [0.4, 0.5) is 19.0 Å². The fraction of sp³-hybridized carbons (Fsp3) is 0.391. The zero-order chi connectivity index (χ0) is 22.9. The number of amides is 1. The number of aromatic nitrogens is 1. The molecule has 2 aliphatic heterocycles. The van der Waals surface area contributed by atoms with Crippen LogP contribution in [0.15, 0.2) is 36.5 Å². The maximum atomic E-state index is 12.7. The van der Waals surface area contributed by atoms with Crippen molar-refractivity contribution in [3.05, 3.63) is 53.2 Å². The molecule has 3 heterocycles. The number of nitrogens with zero attached hydrogens (tertiary/aromatic N) is 3. The number of carbonyl (C=O) groups is 1. The minimum atomic E-state index is -4.41. The molecule has 1 atom stereocenters. The SMILES string of the molecule is COc1cc2c(cc1/C=C/C(=O)N1CCN(c3ccc(C(F)(F)F)cn3)CC1)OC(C)C2. The van der Waals surface area contributed by atoms with Crippen LogP contribution in [0, 0.1) is 0 Å². The number of alkyl halides is 3. The molecule has 4 rings (SSSR count). The third-order valence-electron chi connectivity index (χ3n) is 5.64. The summed E-state index contributed by atoms with van der Waals surface area (Å²) >= 11 is 0. The van der Waals surface area contributed by atoms with Gasteiger partial charge in [-0.1, -0.05) is 0 Å². The number of piperazine rings is 1. The van der Waals surface area contributed by atoms with Gasteiger partial charge in [-0.25, -0.2) is 4.98 Å². The number of pyridine rings is 1. The Hall–Kier alpha value is -3.23. The fourth-order valence-corrected chi connectivity index (χ4v) is 3.93. The summed E-state index contributed by atoms with van der Waals surface area (Å²) in [5.41, 5.74) is 1.08. The van der Waals surface area contributed by atoms with Crippen molar-refractivity contribution in [1.82, 2.24) is 9.88 Å². The summed E-state index contributed by atoms with van der Waals surface area (Å²) in [7, 11) is 1.59. The van der Waals surface area contributed by atoms with Crippen LogP contribution in [-0.2, 0) is 17.4 Å². The van der Waals surface area contributed by atoms with Gasteiger partial charge in [0, 0.05) is 56.0 Å². The average molecular weight is 447 g/mol. The monoisotopic (exact) mass is 447 g/mol. The quantitative estimate of drug-likeness (QED) is 0.668. The van der Waals surface area contributed by atoms with Crippen LogP contribution in [-0.4, -0.2) is 55.2 Å². The van der Waals surface area contributed by atoms with Crippen molar-refractivity contribution in [3.8, 4) is 11.5 Å². The first-order valence-corrected chi connectivity index (χ1v) is 10.4. The summed E-state index contributed by atoms with van der Waals surface area (Å²) in [6.45, 7) is 3.89. The molecule has 1 amide bonds. The summed E-state index contributed by atoms with van der Waals surface area (Å²) in [5, 5.41) is 0. The van der Waals surface area contributed by atoms with E-state index in [1.165, 1.54) is 12.1 Å². The molecule has 1 aromatic carbocycles. The van der Waals surface area contributed by atoms with Crippen LogP contribution in [0.3, 0.4) is 0 Å². The maximum Gasteiger partial charge on any atom is 0.417 e. The molecule has 0 aliphatic carbocycles. The molecular formula is C23H24F3N3O3. The minimum absolute atomic E-state index is 0.117. The summed E-state index contributed by atoms with van der Waals surface area (Å²) in [5.74, 6) is 1.83. The lowest BCUT2D eigenvalue weighted by Crippen LogP contribution is -2.48. The van der Waals surface area contributed by atoms with Gasteiger partial charge in [-0.2, -0.15) is 13.2 Å². The van der Waals surface area contributed by atoms with E-state index in [0.29, 0.717) is 37.7 Å². The summed E-state index contributed by atoms with van der Waals surface area (Å²) < 4.78 is 49.4. The molecular weight excluding hydrogens is 423 g/mol. The largest absolute Gasteiger partial charge is 0.496 e. The Morgan fingerprint density at radius 3 is 2.59 bits per heavy atom. The molecule has 0 spiro atoms. The highest BCUT2D eigenvalue weighted by atomic mass is 19.4. The van der Waals surface area contributed by atoms with E-state index in [9.17, 15) is 18.0 Å². The molecule has 1 saturated heterocycles. The Kier molecular flexibility index (Phi) is 5.99. The molecule has 2 aromatic rings. The number of benzene rings is 1. The smallest absolute Gasteiger partial charge is 0.417 e. The number of rotatable bonds is 4. The summed E-state index contributed by atoms with van der Waals surface area (Å²) in [6, 6.07) is 6.22. The van der Waals surface area contributed by atoms with E-state index in [1.807, 2.05) is 24.0 Å². The number of halogens is 3. The average Bonchev–Trinajstić information content (AvgIpc) is 3.15. The Balaban J connectivity index is 1.37. The molecule has 0 saturated carbocycles. The van der Waals surface area contributed by atoms with Crippen LogP contribution in [0.1, 0.15) is 23.6 Å². The van der Waals surface area contributed by atoms with Crippen molar-refractivity contribution < 1.29 is 27.4 Å². The van der Waals surface area contributed by atoms with Gasteiger partial charge in [0.15, 0.2) is 0 Å². The van der Waals surface area contributed by atoms with E-state index in [1.54, 1.807) is 18.1 Å². The molecule has 1 unspecified atom stereocenters. The molecule has 1 fully saturated rings. The van der Waals surface area contributed by atoms with Crippen LogP contribution >= 0.6 is 0 Å². The van der Waals surface area contributed by atoms with E-state index < -0.39 is 11.7 Å². The highest BCUT2D eigenvalue weighted by Gasteiger charge is 2.31. The van der Waals surface area contributed by atoms with Gasteiger partial charge in [-0.3, -0.25) is 4.79 Å². The molecule has 6 nitrogen and oxygen atoms in total. The predicted molar refractivity (Wildman–Crippen MR) is 114 cm³/mol. The van der Waals surface area contributed by atoms with Crippen molar-refractivity contribution in [2.75, 3.05) is 38.2 Å². The Morgan fingerprint density at radius 1 is 1.22 bits per heavy atom. The number of carbonyl (C=O) groups excluding carboxylic acids is 1. The van der Waals surface area contributed by atoms with Gasteiger partial charge < -0.3 is 19.3 Å². The lowest BCUT2D eigenvalue weighted by Gasteiger charge is -2.35. The second-order valence-corrected chi connectivity index (χ2v) is 7.88. The predicted octanol–water partition coefficient (Wildman–Crippen LogP) is 3.79. The lowest BCUT2D eigenvalue weighted by molar-refractivity contribution is -0.137. The Bertz CT molecular complexity index is 1010. The molecule has 1 aromatic heterocycles. The van der Waals surface area contributed by atoms with Crippen molar-refractivity contribution in [2.24, 2.45) is 0 Å². The van der Waals surface area contributed by atoms with Crippen molar-refractivity contribution in [3.63, 3.8) is 0 Å². The van der Waals surface area contributed by atoms with Crippen LogP contribution < -0.4 is 14.4 Å². The van der Waals surface area contributed by atoms with Crippen molar-refractivity contribution in [2.45, 2.75) is 25.6 Å². The second-order valence-electron chi connectivity index (χ2n) is 7.88. The van der Waals surface area contributed by atoms with Crippen LogP contribution in [0.2, 0.25) is 0 Å². The van der Waals surface area contributed by atoms with Crippen molar-refractivity contribution in [1.29, 1.82) is 0 Å². The number of methoxy groups -OCH3 is 1. The zero-order valence-electron chi connectivity index (χ0n) is 17.9. The molecule has 0 bridgehead atoms. The highest BCUT2D eigenvalue weighted by molar-refractivity contribution is 5.92. The molecule has 9 heteroatoms. The van der Waals surface area contributed by atoms with Gasteiger partial charge in [0.25, 0.3) is 0 Å². The lowest BCUT2D eigenvalue weighted by atomic mass is 10.1. The van der Waals surface area contributed by atoms with E-state index in [-0.39, 0.29) is 12.0 Å². The number of anilines is 1. The van der Waals surface area contributed by atoms with Gasteiger partial charge >= 0.3 is 6.18 Å². The zero-order valence-corrected chi connectivity index (χ0v) is 17.9. The molecule has 0 N–H and O–H groups in total. The Labute approximate surface area is 184 Å². The highest BCUT2D eigenvalue weighted by Crippen LogP contribution is 2.35. The maximum absolute atomic E-state index is 12.7. The number of hydrogen-bond donors (Lipinski definition) is 0. The molecule has 32 heavy (non-hydrogen) atoms. The topological polar surface area (TPSA) is 54.9 Å². The van der Waals surface area contributed by atoms with E-state index in [0.717, 1.165) is 35.6 Å². The van der Waals surface area contributed by atoms with E-state index >= 15 is 0 Å². The Morgan fingerprint density at radius 2 is 1.97 bits per heavy atom. The van der Waals surface area contributed by atoms with Crippen LogP contribution in [0.25, 0.3) is 6.08 Å². The first-order valence-electron chi connectivity index (χ1n) is 10.4. The minimum Gasteiger partial charge on any atom is -0.496 e. The van der Waals surface area contributed by atoms with Gasteiger partial charge in [-0.15, -0.1) is 0 Å². The summed E-state index contributed by atoms with van der Waals surface area (Å²) in [4.78, 5) is 20.2. The van der Waals surface area contributed by atoms with Crippen molar-refractivity contribution >= 4 is 17.8 Å². The normalized spacial score (nSPS) is 18.6. The van der Waals surface area contributed by atoms with Gasteiger partial charge in [0.2, 0.25) is 5.91 Å². The number of ether oxygens (including phenoxy) is 2. The van der Waals surface area contributed by atoms with Gasteiger partial charge in [0.05, 0.1) is 12.7 Å². The number of fused-ring (bicyclic) bond motifs is 1. The van der Waals surface area contributed by atoms with E-state index in [2.05, 4.69) is 4.98 Å². The molecule has 2 aliphatic rings. The van der Waals surface area contributed by atoms with Gasteiger partial charge in [-0.05, 0) is 37.3 Å². The van der Waals surface area contributed by atoms with Gasteiger partial charge in [0.1, 0.15) is 23.4 Å². The summed E-state index contributed by atoms with van der Waals surface area (Å²) in [6.07, 6.45) is 0.601. The molecule has 0 radical (unpaired) electrons. The number of hydrogen-bond acceptors (Lipinski definition) is 5.